The zero-order valence-electron chi connectivity index (χ0n) is 13.4. The molecule has 0 spiro atoms. The molecule has 3 rings (SSSR count). The minimum absolute atomic E-state index is 0.0540. The van der Waals surface area contributed by atoms with Crippen molar-refractivity contribution in [3.05, 3.63) is 47.1 Å². The highest BCUT2D eigenvalue weighted by Gasteiger charge is 2.15. The van der Waals surface area contributed by atoms with Crippen LogP contribution >= 0.6 is 11.3 Å². The summed E-state index contributed by atoms with van der Waals surface area (Å²) in [6.45, 7) is 1.76. The third-order valence-electron chi connectivity index (χ3n) is 3.46. The number of aryl methyl sites for hydroxylation is 2. The molecule has 0 aliphatic carbocycles. The van der Waals surface area contributed by atoms with Gasteiger partial charge in [-0.1, -0.05) is 17.3 Å². The maximum absolute atomic E-state index is 12.2. The lowest BCUT2D eigenvalue weighted by Gasteiger charge is -2.06. The van der Waals surface area contributed by atoms with Crippen molar-refractivity contribution in [1.82, 2.24) is 10.1 Å². The van der Waals surface area contributed by atoms with Gasteiger partial charge in [0, 0.05) is 6.42 Å². The number of amides is 1. The van der Waals surface area contributed by atoms with Crippen molar-refractivity contribution in [2.45, 2.75) is 19.8 Å². The summed E-state index contributed by atoms with van der Waals surface area (Å²) in [5.74, 6) is 1.74. The van der Waals surface area contributed by atoms with Crippen LogP contribution in [-0.4, -0.2) is 23.2 Å². The fraction of sp³-hybridized carbons (Fsp3) is 0.235. The van der Waals surface area contributed by atoms with E-state index in [1.807, 2.05) is 35.7 Å². The van der Waals surface area contributed by atoms with Crippen LogP contribution in [0.4, 0.5) is 5.69 Å². The summed E-state index contributed by atoms with van der Waals surface area (Å²) in [6, 6.07) is 9.54. The summed E-state index contributed by atoms with van der Waals surface area (Å²) >= 11 is 1.45. The predicted octanol–water partition coefficient (Wildman–Crippen LogP) is 3.69. The zero-order chi connectivity index (χ0) is 16.9. The number of benzene rings is 1. The highest BCUT2D eigenvalue weighted by atomic mass is 32.1. The van der Waals surface area contributed by atoms with E-state index in [4.69, 9.17) is 9.26 Å². The Balaban J connectivity index is 1.60. The molecule has 0 saturated carbocycles. The minimum atomic E-state index is -0.0540. The van der Waals surface area contributed by atoms with Crippen molar-refractivity contribution in [1.29, 1.82) is 0 Å². The van der Waals surface area contributed by atoms with Crippen LogP contribution < -0.4 is 10.1 Å². The Bertz CT molecular complexity index is 824. The Kier molecular flexibility index (Phi) is 4.90. The molecule has 2 aromatic heterocycles. The van der Waals surface area contributed by atoms with Crippen molar-refractivity contribution in [3.63, 3.8) is 0 Å². The van der Waals surface area contributed by atoms with Crippen molar-refractivity contribution in [2.75, 3.05) is 12.4 Å². The molecule has 0 aliphatic heterocycles. The van der Waals surface area contributed by atoms with Crippen LogP contribution in [0.1, 0.15) is 17.8 Å². The lowest BCUT2D eigenvalue weighted by atomic mass is 10.1. The van der Waals surface area contributed by atoms with Gasteiger partial charge < -0.3 is 14.6 Å². The van der Waals surface area contributed by atoms with Crippen molar-refractivity contribution >= 4 is 22.9 Å². The first-order valence-corrected chi connectivity index (χ1v) is 8.34. The highest BCUT2D eigenvalue weighted by molar-refractivity contribution is 7.14. The Hall–Kier alpha value is -2.67. The van der Waals surface area contributed by atoms with Gasteiger partial charge >= 0.3 is 0 Å². The van der Waals surface area contributed by atoms with Gasteiger partial charge in [-0.15, -0.1) is 11.3 Å². The van der Waals surface area contributed by atoms with E-state index in [1.54, 1.807) is 14.0 Å². The molecular weight excluding hydrogens is 326 g/mol. The number of thiophene rings is 1. The second kappa shape index (κ2) is 7.27. The average molecular weight is 343 g/mol. The Morgan fingerprint density at radius 1 is 1.29 bits per heavy atom. The van der Waals surface area contributed by atoms with Gasteiger partial charge in [0.15, 0.2) is 5.82 Å². The van der Waals surface area contributed by atoms with Gasteiger partial charge in [0.05, 0.1) is 12.8 Å². The molecule has 0 fully saturated rings. The molecule has 0 saturated heterocycles. The van der Waals surface area contributed by atoms with E-state index in [0.29, 0.717) is 30.2 Å². The standard InChI is InChI=1S/C17H17N3O3S/c1-11-18-17(23-20-11)16-14(9-10-24-16)19-15(21)8-5-12-3-6-13(22-2)7-4-12/h3-4,6-7,9-10H,5,8H2,1-2H3,(H,19,21). The summed E-state index contributed by atoms with van der Waals surface area (Å²) in [4.78, 5) is 17.2. The van der Waals surface area contributed by atoms with E-state index in [0.717, 1.165) is 16.2 Å². The van der Waals surface area contributed by atoms with E-state index >= 15 is 0 Å². The van der Waals surface area contributed by atoms with Crippen molar-refractivity contribution in [3.8, 4) is 16.5 Å². The number of ether oxygens (including phenoxy) is 1. The van der Waals surface area contributed by atoms with Crippen LogP contribution in [0.15, 0.2) is 40.2 Å². The molecule has 1 amide bonds. The Morgan fingerprint density at radius 3 is 2.75 bits per heavy atom. The lowest BCUT2D eigenvalue weighted by Crippen LogP contribution is -2.12. The Labute approximate surface area is 143 Å². The first-order chi connectivity index (χ1) is 11.7. The lowest BCUT2D eigenvalue weighted by molar-refractivity contribution is -0.116. The summed E-state index contributed by atoms with van der Waals surface area (Å²) in [5, 5.41) is 8.57. The number of aromatic nitrogens is 2. The largest absolute Gasteiger partial charge is 0.497 e. The molecule has 0 aliphatic rings. The molecule has 6 nitrogen and oxygen atoms in total. The number of nitrogens with zero attached hydrogens (tertiary/aromatic N) is 2. The minimum Gasteiger partial charge on any atom is -0.497 e. The molecule has 0 unspecified atom stereocenters. The van der Waals surface area contributed by atoms with E-state index in [-0.39, 0.29) is 5.91 Å². The molecule has 0 bridgehead atoms. The Morgan fingerprint density at radius 2 is 2.08 bits per heavy atom. The number of anilines is 1. The number of carbonyl (C=O) groups excluding carboxylic acids is 1. The van der Waals surface area contributed by atoms with E-state index in [1.165, 1.54) is 11.3 Å². The van der Waals surface area contributed by atoms with Gasteiger partial charge in [0.25, 0.3) is 5.89 Å². The number of rotatable bonds is 6. The summed E-state index contributed by atoms with van der Waals surface area (Å²) in [7, 11) is 1.63. The quantitative estimate of drug-likeness (QED) is 0.738. The molecular formula is C17H17N3O3S. The SMILES string of the molecule is COc1ccc(CCC(=O)Nc2ccsc2-c2nc(C)no2)cc1. The van der Waals surface area contributed by atoms with Crippen LogP contribution in [-0.2, 0) is 11.2 Å². The van der Waals surface area contributed by atoms with Gasteiger partial charge in [0.2, 0.25) is 5.91 Å². The molecule has 124 valence electrons. The summed E-state index contributed by atoms with van der Waals surface area (Å²) in [6.07, 6.45) is 1.06. The third-order valence-corrected chi connectivity index (χ3v) is 4.36. The van der Waals surface area contributed by atoms with E-state index < -0.39 is 0 Å². The van der Waals surface area contributed by atoms with Crippen LogP contribution in [0.25, 0.3) is 10.8 Å². The number of nitrogens with one attached hydrogen (secondary N) is 1. The monoisotopic (exact) mass is 343 g/mol. The maximum Gasteiger partial charge on any atom is 0.270 e. The van der Waals surface area contributed by atoms with E-state index in [9.17, 15) is 4.79 Å². The van der Waals surface area contributed by atoms with E-state index in [2.05, 4.69) is 15.5 Å². The smallest absolute Gasteiger partial charge is 0.270 e. The second-order valence-corrected chi connectivity index (χ2v) is 6.12. The third kappa shape index (κ3) is 3.80. The summed E-state index contributed by atoms with van der Waals surface area (Å²) in [5.41, 5.74) is 1.78. The summed E-state index contributed by atoms with van der Waals surface area (Å²) < 4.78 is 10.3. The van der Waals surface area contributed by atoms with Gasteiger partial charge in [-0.05, 0) is 42.5 Å². The molecule has 24 heavy (non-hydrogen) atoms. The topological polar surface area (TPSA) is 77.2 Å². The molecule has 7 heteroatoms. The first kappa shape index (κ1) is 16.2. The molecule has 0 radical (unpaired) electrons. The molecule has 1 N–H and O–H groups in total. The highest BCUT2D eigenvalue weighted by Crippen LogP contribution is 2.32. The number of hydrogen-bond donors (Lipinski definition) is 1. The van der Waals surface area contributed by atoms with Crippen LogP contribution in [0.2, 0.25) is 0 Å². The van der Waals surface area contributed by atoms with Gasteiger partial charge in [-0.2, -0.15) is 4.98 Å². The average Bonchev–Trinajstić information content (AvgIpc) is 3.22. The fourth-order valence-electron chi connectivity index (χ4n) is 2.23. The van der Waals surface area contributed by atoms with Gasteiger partial charge in [-0.3, -0.25) is 4.79 Å². The number of methoxy groups -OCH3 is 1. The fourth-order valence-corrected chi connectivity index (χ4v) is 3.00. The van der Waals surface area contributed by atoms with Crippen molar-refractivity contribution < 1.29 is 14.1 Å². The number of carbonyl (C=O) groups is 1. The predicted molar refractivity (Wildman–Crippen MR) is 92.3 cm³/mol. The molecule has 0 atom stereocenters. The second-order valence-electron chi connectivity index (χ2n) is 5.21. The normalized spacial score (nSPS) is 10.6. The van der Waals surface area contributed by atoms with Crippen LogP contribution in [0, 0.1) is 6.92 Å². The molecule has 3 aromatic rings. The van der Waals surface area contributed by atoms with Gasteiger partial charge in [0.1, 0.15) is 10.6 Å². The first-order valence-electron chi connectivity index (χ1n) is 7.46. The van der Waals surface area contributed by atoms with Crippen LogP contribution in [0.5, 0.6) is 5.75 Å². The molecule has 2 heterocycles. The number of hydrogen-bond acceptors (Lipinski definition) is 6. The zero-order valence-corrected chi connectivity index (χ0v) is 14.2. The van der Waals surface area contributed by atoms with Crippen molar-refractivity contribution in [2.24, 2.45) is 0 Å². The molecule has 1 aromatic carbocycles. The maximum atomic E-state index is 12.2. The van der Waals surface area contributed by atoms with Crippen LogP contribution in [0.3, 0.4) is 0 Å². The van der Waals surface area contributed by atoms with Gasteiger partial charge in [-0.25, -0.2) is 0 Å².